The molecular weight excluding hydrogens is 412 g/mol. The van der Waals surface area contributed by atoms with Gasteiger partial charge in [0.25, 0.3) is 0 Å². The number of thioether (sulfide) groups is 1. The number of benzene rings is 1. The number of carbonyl (C=O) groups excluding carboxylic acids is 2. The summed E-state index contributed by atoms with van der Waals surface area (Å²) in [6, 6.07) is 4.81. The zero-order valence-corrected chi connectivity index (χ0v) is 17.3. The monoisotopic (exact) mass is 434 g/mol. The molecule has 0 aromatic heterocycles. The number of sulfonamides is 1. The molecule has 1 fully saturated rings. The molecule has 27 heavy (non-hydrogen) atoms. The maximum atomic E-state index is 12.8. The van der Waals surface area contributed by atoms with Crippen molar-refractivity contribution in [3.63, 3.8) is 0 Å². The summed E-state index contributed by atoms with van der Waals surface area (Å²) >= 11 is 7.58. The summed E-state index contributed by atoms with van der Waals surface area (Å²) in [4.78, 5) is 25.5. The molecule has 3 N–H and O–H groups in total. The van der Waals surface area contributed by atoms with Crippen molar-refractivity contribution in [3.05, 3.63) is 29.3 Å². The maximum absolute atomic E-state index is 12.8. The van der Waals surface area contributed by atoms with Crippen LogP contribution in [-0.2, 0) is 14.8 Å². The number of piperazine rings is 1. The lowest BCUT2D eigenvalue weighted by atomic mass is 10.2. The fourth-order valence-corrected chi connectivity index (χ4v) is 5.21. The van der Waals surface area contributed by atoms with E-state index >= 15 is 0 Å². The molecule has 0 aliphatic carbocycles. The SMILES string of the molecule is CSCC[C@@H](NC(N)=O)C(=O)N1CCN(S(=O)(=O)c2ccccc2Cl)CC1. The first-order chi connectivity index (χ1) is 12.8. The summed E-state index contributed by atoms with van der Waals surface area (Å²) in [6.07, 6.45) is 2.37. The highest BCUT2D eigenvalue weighted by Gasteiger charge is 2.33. The smallest absolute Gasteiger partial charge is 0.312 e. The molecule has 2 rings (SSSR count). The van der Waals surface area contributed by atoms with Crippen molar-refractivity contribution in [1.82, 2.24) is 14.5 Å². The number of urea groups is 1. The lowest BCUT2D eigenvalue weighted by Crippen LogP contribution is -2.56. The largest absolute Gasteiger partial charge is 0.352 e. The Hall–Kier alpha value is -1.49. The van der Waals surface area contributed by atoms with E-state index in [1.54, 1.807) is 28.8 Å². The molecule has 1 heterocycles. The first-order valence-corrected chi connectivity index (χ1v) is 11.6. The molecule has 0 saturated carbocycles. The Labute approximate surface area is 168 Å². The summed E-state index contributed by atoms with van der Waals surface area (Å²) in [5.74, 6) is 0.440. The molecule has 0 spiro atoms. The molecule has 1 aliphatic rings. The molecule has 0 radical (unpaired) electrons. The fraction of sp³-hybridized carbons (Fsp3) is 0.500. The van der Waals surface area contributed by atoms with E-state index in [0.717, 1.165) is 0 Å². The lowest BCUT2D eigenvalue weighted by Gasteiger charge is -2.35. The van der Waals surface area contributed by atoms with Crippen LogP contribution in [0.25, 0.3) is 0 Å². The van der Waals surface area contributed by atoms with E-state index < -0.39 is 22.1 Å². The van der Waals surface area contributed by atoms with Gasteiger partial charge >= 0.3 is 6.03 Å². The first kappa shape index (κ1) is 21.8. The second-order valence-electron chi connectivity index (χ2n) is 6.00. The Bertz CT molecular complexity index is 782. The molecule has 3 amide bonds. The zero-order valence-electron chi connectivity index (χ0n) is 14.9. The van der Waals surface area contributed by atoms with E-state index in [1.165, 1.54) is 16.4 Å². The second kappa shape index (κ2) is 9.63. The Morgan fingerprint density at radius 2 is 1.89 bits per heavy atom. The van der Waals surface area contributed by atoms with Gasteiger partial charge in [0.2, 0.25) is 15.9 Å². The summed E-state index contributed by atoms with van der Waals surface area (Å²) in [7, 11) is -3.72. The molecule has 8 nitrogen and oxygen atoms in total. The molecule has 1 aromatic carbocycles. The Balaban J connectivity index is 2.04. The van der Waals surface area contributed by atoms with Crippen molar-refractivity contribution in [2.45, 2.75) is 17.4 Å². The van der Waals surface area contributed by atoms with Crippen molar-refractivity contribution >= 4 is 45.3 Å². The molecule has 0 bridgehead atoms. The van der Waals surface area contributed by atoms with Crippen molar-refractivity contribution < 1.29 is 18.0 Å². The van der Waals surface area contributed by atoms with Gasteiger partial charge in [0, 0.05) is 26.2 Å². The Kier molecular flexibility index (Phi) is 7.78. The quantitative estimate of drug-likeness (QED) is 0.663. The van der Waals surface area contributed by atoms with Crippen LogP contribution in [0.15, 0.2) is 29.2 Å². The highest BCUT2D eigenvalue weighted by Crippen LogP contribution is 2.25. The predicted octanol–water partition coefficient (Wildman–Crippen LogP) is 0.963. The molecule has 150 valence electrons. The van der Waals surface area contributed by atoms with Crippen LogP contribution in [0.1, 0.15) is 6.42 Å². The van der Waals surface area contributed by atoms with Crippen molar-refractivity contribution in [2.24, 2.45) is 5.73 Å². The van der Waals surface area contributed by atoms with Gasteiger partial charge in [-0.25, -0.2) is 13.2 Å². The van der Waals surface area contributed by atoms with Crippen LogP contribution >= 0.6 is 23.4 Å². The van der Waals surface area contributed by atoms with Gasteiger partial charge in [-0.1, -0.05) is 23.7 Å². The van der Waals surface area contributed by atoms with E-state index in [4.69, 9.17) is 17.3 Å². The van der Waals surface area contributed by atoms with Gasteiger partial charge in [-0.2, -0.15) is 16.1 Å². The topological polar surface area (TPSA) is 113 Å². The second-order valence-corrected chi connectivity index (χ2v) is 9.30. The van der Waals surface area contributed by atoms with Gasteiger partial charge in [-0.3, -0.25) is 4.79 Å². The number of amides is 3. The van der Waals surface area contributed by atoms with Gasteiger partial charge in [0.05, 0.1) is 5.02 Å². The van der Waals surface area contributed by atoms with E-state index in [0.29, 0.717) is 12.2 Å². The third kappa shape index (κ3) is 5.50. The van der Waals surface area contributed by atoms with Crippen LogP contribution in [0.5, 0.6) is 0 Å². The molecule has 1 atom stereocenters. The average Bonchev–Trinajstić information content (AvgIpc) is 2.64. The van der Waals surface area contributed by atoms with Crippen LogP contribution in [0.4, 0.5) is 4.79 Å². The van der Waals surface area contributed by atoms with Crippen LogP contribution in [-0.4, -0.2) is 73.8 Å². The number of rotatable bonds is 7. The maximum Gasteiger partial charge on any atom is 0.312 e. The minimum Gasteiger partial charge on any atom is -0.352 e. The number of primary amides is 1. The lowest BCUT2D eigenvalue weighted by molar-refractivity contribution is -0.134. The minimum absolute atomic E-state index is 0.0553. The van der Waals surface area contributed by atoms with Gasteiger partial charge in [0.15, 0.2) is 0 Å². The summed E-state index contributed by atoms with van der Waals surface area (Å²) in [5, 5.41) is 2.64. The summed E-state index contributed by atoms with van der Waals surface area (Å²) in [6.45, 7) is 0.785. The Morgan fingerprint density at radius 3 is 2.44 bits per heavy atom. The average molecular weight is 435 g/mol. The number of nitrogens with two attached hydrogens (primary N) is 1. The summed E-state index contributed by atoms with van der Waals surface area (Å²) < 4.78 is 26.8. The third-order valence-corrected chi connectivity index (χ3v) is 7.27. The van der Waals surface area contributed by atoms with E-state index in [9.17, 15) is 18.0 Å². The zero-order chi connectivity index (χ0) is 20.0. The van der Waals surface area contributed by atoms with Crippen molar-refractivity contribution in [1.29, 1.82) is 0 Å². The molecule has 1 aliphatic heterocycles. The van der Waals surface area contributed by atoms with Crippen LogP contribution in [0.3, 0.4) is 0 Å². The number of hydrogen-bond donors (Lipinski definition) is 2. The molecule has 1 aromatic rings. The highest BCUT2D eigenvalue weighted by atomic mass is 35.5. The standard InChI is InChI=1S/C16H23ClN4O4S2/c1-26-11-6-13(19-16(18)23)15(22)20-7-9-21(10-8-20)27(24,25)14-5-3-2-4-12(14)17/h2-5,13H,6-11H2,1H3,(H3,18,19,23)/t13-/m1/s1. The number of halogens is 1. The van der Waals surface area contributed by atoms with Crippen molar-refractivity contribution in [2.75, 3.05) is 38.2 Å². The Morgan fingerprint density at radius 1 is 1.26 bits per heavy atom. The van der Waals surface area contributed by atoms with Crippen LogP contribution < -0.4 is 11.1 Å². The van der Waals surface area contributed by atoms with Gasteiger partial charge in [-0.05, 0) is 30.6 Å². The number of hydrogen-bond acceptors (Lipinski definition) is 5. The minimum atomic E-state index is -3.72. The van der Waals surface area contributed by atoms with E-state index in [-0.39, 0.29) is 42.0 Å². The van der Waals surface area contributed by atoms with Crippen LogP contribution in [0, 0.1) is 0 Å². The van der Waals surface area contributed by atoms with Crippen LogP contribution in [0.2, 0.25) is 5.02 Å². The third-order valence-electron chi connectivity index (χ3n) is 4.23. The molecule has 1 saturated heterocycles. The van der Waals surface area contributed by atoms with Crippen molar-refractivity contribution in [3.8, 4) is 0 Å². The molecule has 0 unspecified atom stereocenters. The predicted molar refractivity (Wildman–Crippen MR) is 106 cm³/mol. The molecular formula is C16H23ClN4O4S2. The molecule has 11 heteroatoms. The number of carbonyl (C=O) groups is 2. The van der Waals surface area contributed by atoms with E-state index in [2.05, 4.69) is 5.32 Å². The van der Waals surface area contributed by atoms with Gasteiger partial charge in [-0.15, -0.1) is 0 Å². The number of nitrogens with one attached hydrogen (secondary N) is 1. The fourth-order valence-electron chi connectivity index (χ4n) is 2.83. The normalized spacial score (nSPS) is 16.7. The summed E-state index contributed by atoms with van der Waals surface area (Å²) in [5.41, 5.74) is 5.16. The van der Waals surface area contributed by atoms with Gasteiger partial charge in [0.1, 0.15) is 10.9 Å². The first-order valence-electron chi connectivity index (χ1n) is 8.35. The van der Waals surface area contributed by atoms with Gasteiger partial charge < -0.3 is 16.0 Å². The highest BCUT2D eigenvalue weighted by molar-refractivity contribution is 7.98. The van der Waals surface area contributed by atoms with E-state index in [1.807, 2.05) is 6.26 Å². The number of nitrogens with zero attached hydrogens (tertiary/aromatic N) is 2.